The van der Waals surface area contributed by atoms with E-state index < -0.39 is 0 Å². The van der Waals surface area contributed by atoms with Crippen LogP contribution in [0.1, 0.15) is 46.0 Å². The van der Waals surface area contributed by atoms with E-state index in [1.54, 1.807) is 0 Å². The zero-order chi connectivity index (χ0) is 8.27. The molecular weight excluding hydrogens is 200 g/mol. The third kappa shape index (κ3) is 4.15. The molecule has 1 heteroatoms. The topological polar surface area (TPSA) is 0 Å². The van der Waals surface area contributed by atoms with Crippen molar-refractivity contribution in [2.75, 3.05) is 0 Å². The van der Waals surface area contributed by atoms with E-state index in [1.807, 2.05) is 0 Å². The van der Waals surface area contributed by atoms with Crippen molar-refractivity contribution in [2.45, 2.75) is 50.8 Å². The molecule has 1 atom stereocenters. The maximum Gasteiger partial charge on any atom is 0.0174 e. The maximum atomic E-state index is 3.75. The normalized spacial score (nSPS) is 20.7. The van der Waals surface area contributed by atoms with Gasteiger partial charge in [0.1, 0.15) is 0 Å². The highest BCUT2D eigenvalue weighted by atomic mass is 79.9. The van der Waals surface area contributed by atoms with Crippen LogP contribution in [0, 0.1) is 11.8 Å². The summed E-state index contributed by atoms with van der Waals surface area (Å²) in [4.78, 5) is 0.834. The zero-order valence-electron chi connectivity index (χ0n) is 7.65. The summed E-state index contributed by atoms with van der Waals surface area (Å²) in [5.41, 5.74) is 0. The van der Waals surface area contributed by atoms with Gasteiger partial charge in [0.25, 0.3) is 0 Å². The van der Waals surface area contributed by atoms with E-state index in [-0.39, 0.29) is 0 Å². The highest BCUT2D eigenvalue weighted by molar-refractivity contribution is 9.09. The van der Waals surface area contributed by atoms with Crippen LogP contribution in [0.15, 0.2) is 0 Å². The largest absolute Gasteiger partial charge is 0.0888 e. The molecule has 0 aromatic heterocycles. The van der Waals surface area contributed by atoms with Crippen molar-refractivity contribution in [2.24, 2.45) is 11.8 Å². The lowest BCUT2D eigenvalue weighted by Crippen LogP contribution is -2.00. The van der Waals surface area contributed by atoms with Crippen molar-refractivity contribution in [3.05, 3.63) is 0 Å². The first-order valence-electron chi connectivity index (χ1n) is 4.84. The lowest BCUT2D eigenvalue weighted by Gasteiger charge is -2.08. The highest BCUT2D eigenvalue weighted by Crippen LogP contribution is 2.38. The summed E-state index contributed by atoms with van der Waals surface area (Å²) >= 11 is 3.75. The number of alkyl halides is 1. The molecule has 0 aromatic carbocycles. The van der Waals surface area contributed by atoms with Gasteiger partial charge in [-0.2, -0.15) is 0 Å². The zero-order valence-corrected chi connectivity index (χ0v) is 9.23. The standard InChI is InChI=1S/C10H19Br/c1-8(2)4-3-5-10(11)9-6-7-9/h8-10H,3-7H2,1-2H3. The maximum absolute atomic E-state index is 3.75. The quantitative estimate of drug-likeness (QED) is 0.613. The van der Waals surface area contributed by atoms with Gasteiger partial charge in [-0.15, -0.1) is 0 Å². The van der Waals surface area contributed by atoms with Crippen LogP contribution in [0.25, 0.3) is 0 Å². The summed E-state index contributed by atoms with van der Waals surface area (Å²) in [6, 6.07) is 0. The minimum absolute atomic E-state index is 0.834. The van der Waals surface area contributed by atoms with Crippen LogP contribution in [0.2, 0.25) is 0 Å². The monoisotopic (exact) mass is 218 g/mol. The molecule has 0 nitrogen and oxygen atoms in total. The summed E-state index contributed by atoms with van der Waals surface area (Å²) in [5, 5.41) is 0. The third-order valence-electron chi connectivity index (χ3n) is 2.39. The molecule has 1 fully saturated rings. The molecule has 0 heterocycles. The van der Waals surface area contributed by atoms with Gasteiger partial charge in [-0.25, -0.2) is 0 Å². The average molecular weight is 219 g/mol. The van der Waals surface area contributed by atoms with Gasteiger partial charge >= 0.3 is 0 Å². The minimum Gasteiger partial charge on any atom is -0.0888 e. The molecule has 1 saturated carbocycles. The molecule has 0 bridgehead atoms. The molecule has 1 aliphatic rings. The second-order valence-electron chi connectivity index (χ2n) is 4.18. The van der Waals surface area contributed by atoms with Crippen molar-refractivity contribution in [3.63, 3.8) is 0 Å². The molecule has 1 aliphatic carbocycles. The van der Waals surface area contributed by atoms with Gasteiger partial charge in [-0.3, -0.25) is 0 Å². The Bertz CT molecular complexity index is 105. The van der Waals surface area contributed by atoms with E-state index in [9.17, 15) is 0 Å². The Hall–Kier alpha value is 0.480. The molecule has 66 valence electrons. The fourth-order valence-corrected chi connectivity index (χ4v) is 2.27. The van der Waals surface area contributed by atoms with E-state index in [0.717, 1.165) is 16.7 Å². The van der Waals surface area contributed by atoms with Crippen LogP contribution in [-0.4, -0.2) is 4.83 Å². The van der Waals surface area contributed by atoms with Crippen molar-refractivity contribution in [3.8, 4) is 0 Å². The fourth-order valence-electron chi connectivity index (χ4n) is 1.41. The SMILES string of the molecule is CC(C)CCCC(Br)C1CC1. The Morgan fingerprint density at radius 1 is 1.27 bits per heavy atom. The van der Waals surface area contributed by atoms with Crippen molar-refractivity contribution < 1.29 is 0 Å². The van der Waals surface area contributed by atoms with Crippen molar-refractivity contribution in [1.82, 2.24) is 0 Å². The Kier molecular flexibility index (Phi) is 3.91. The Morgan fingerprint density at radius 2 is 1.91 bits per heavy atom. The molecule has 1 unspecified atom stereocenters. The van der Waals surface area contributed by atoms with Crippen LogP contribution in [0.4, 0.5) is 0 Å². The summed E-state index contributed by atoms with van der Waals surface area (Å²) in [6.07, 6.45) is 7.14. The van der Waals surface area contributed by atoms with Gasteiger partial charge < -0.3 is 0 Å². The second kappa shape index (κ2) is 4.49. The van der Waals surface area contributed by atoms with Gasteiger partial charge in [0.2, 0.25) is 0 Å². The molecule has 0 aliphatic heterocycles. The molecular formula is C10H19Br. The third-order valence-corrected chi connectivity index (χ3v) is 3.60. The Morgan fingerprint density at radius 3 is 2.36 bits per heavy atom. The molecule has 0 N–H and O–H groups in total. The lowest BCUT2D eigenvalue weighted by molar-refractivity contribution is 0.523. The smallest absolute Gasteiger partial charge is 0.0174 e. The Labute approximate surface area is 78.9 Å². The van der Waals surface area contributed by atoms with Crippen LogP contribution >= 0.6 is 15.9 Å². The molecule has 0 spiro atoms. The second-order valence-corrected chi connectivity index (χ2v) is 5.35. The van der Waals surface area contributed by atoms with Gasteiger partial charge in [0, 0.05) is 4.83 Å². The van der Waals surface area contributed by atoms with Crippen LogP contribution < -0.4 is 0 Å². The first-order valence-corrected chi connectivity index (χ1v) is 5.75. The first-order chi connectivity index (χ1) is 5.20. The number of hydrogen-bond donors (Lipinski definition) is 0. The predicted octanol–water partition coefficient (Wildman–Crippen LogP) is 3.99. The summed E-state index contributed by atoms with van der Waals surface area (Å²) in [6.45, 7) is 4.61. The van der Waals surface area contributed by atoms with Crippen LogP contribution in [-0.2, 0) is 0 Å². The first kappa shape index (κ1) is 9.57. The van der Waals surface area contributed by atoms with Gasteiger partial charge in [0.05, 0.1) is 0 Å². The molecule has 0 amide bonds. The van der Waals surface area contributed by atoms with Gasteiger partial charge in [0.15, 0.2) is 0 Å². The van der Waals surface area contributed by atoms with Gasteiger partial charge in [-0.05, 0) is 31.1 Å². The van der Waals surface area contributed by atoms with E-state index in [0.29, 0.717) is 0 Å². The van der Waals surface area contributed by atoms with Crippen LogP contribution in [0.3, 0.4) is 0 Å². The molecule has 0 radical (unpaired) electrons. The highest BCUT2D eigenvalue weighted by Gasteiger charge is 2.28. The van der Waals surface area contributed by atoms with Crippen molar-refractivity contribution >= 4 is 15.9 Å². The van der Waals surface area contributed by atoms with Gasteiger partial charge in [-0.1, -0.05) is 42.6 Å². The number of halogens is 1. The molecule has 1 rings (SSSR count). The minimum atomic E-state index is 0.834. The lowest BCUT2D eigenvalue weighted by atomic mass is 10.0. The van der Waals surface area contributed by atoms with Crippen LogP contribution in [0.5, 0.6) is 0 Å². The summed E-state index contributed by atoms with van der Waals surface area (Å²) < 4.78 is 0. The predicted molar refractivity (Wildman–Crippen MR) is 54.1 cm³/mol. The number of rotatable bonds is 5. The average Bonchev–Trinajstić information content (AvgIpc) is 2.66. The molecule has 0 saturated heterocycles. The van der Waals surface area contributed by atoms with E-state index in [2.05, 4.69) is 29.8 Å². The van der Waals surface area contributed by atoms with E-state index in [1.165, 1.54) is 32.1 Å². The molecule has 11 heavy (non-hydrogen) atoms. The van der Waals surface area contributed by atoms with E-state index in [4.69, 9.17) is 0 Å². The molecule has 0 aromatic rings. The van der Waals surface area contributed by atoms with E-state index >= 15 is 0 Å². The Balaban J connectivity index is 1.93. The summed E-state index contributed by atoms with van der Waals surface area (Å²) in [5.74, 6) is 1.91. The summed E-state index contributed by atoms with van der Waals surface area (Å²) in [7, 11) is 0. The number of hydrogen-bond acceptors (Lipinski definition) is 0. The van der Waals surface area contributed by atoms with Crippen molar-refractivity contribution in [1.29, 1.82) is 0 Å². The fraction of sp³-hybridized carbons (Fsp3) is 1.00.